The van der Waals surface area contributed by atoms with Gasteiger partial charge in [0.05, 0.1) is 17.4 Å². The summed E-state index contributed by atoms with van der Waals surface area (Å²) >= 11 is 1.19. The third kappa shape index (κ3) is 4.54. The highest BCUT2D eigenvalue weighted by molar-refractivity contribution is 6.99. The van der Waals surface area contributed by atoms with Crippen LogP contribution in [0.1, 0.15) is 60.3 Å². The van der Waals surface area contributed by atoms with Crippen LogP contribution in [-0.2, 0) is 6.61 Å². The minimum Gasteiger partial charge on any atom is -0.487 e. The second kappa shape index (κ2) is 8.24. The Bertz CT molecular complexity index is 678. The molecule has 1 aliphatic rings. The Balaban J connectivity index is 1.59. The molecule has 1 saturated carbocycles. The number of carbonyl (C=O) groups is 1. The lowest BCUT2D eigenvalue weighted by Gasteiger charge is -2.16. The second-order valence-electron chi connectivity index (χ2n) is 6.27. The summed E-state index contributed by atoms with van der Waals surface area (Å²) in [5, 5.41) is 3.17. The highest BCUT2D eigenvalue weighted by Crippen LogP contribution is 2.19. The monoisotopic (exact) mass is 345 g/mol. The first-order valence-corrected chi connectivity index (χ1v) is 9.27. The SMILES string of the molecule is Cc1nsnc1COc1cccc(C(=O)NC2CCCCCC2)c1. The molecule has 0 atom stereocenters. The van der Waals surface area contributed by atoms with Gasteiger partial charge in [0.2, 0.25) is 0 Å². The maximum Gasteiger partial charge on any atom is 0.251 e. The summed E-state index contributed by atoms with van der Waals surface area (Å²) in [6, 6.07) is 7.63. The highest BCUT2D eigenvalue weighted by Gasteiger charge is 2.16. The van der Waals surface area contributed by atoms with Crippen LogP contribution in [0.25, 0.3) is 0 Å². The summed E-state index contributed by atoms with van der Waals surface area (Å²) < 4.78 is 14.1. The van der Waals surface area contributed by atoms with Crippen molar-refractivity contribution in [2.24, 2.45) is 0 Å². The predicted molar refractivity (Wildman–Crippen MR) is 94.4 cm³/mol. The molecule has 128 valence electrons. The maximum absolute atomic E-state index is 12.5. The number of hydrogen-bond acceptors (Lipinski definition) is 5. The van der Waals surface area contributed by atoms with Crippen molar-refractivity contribution < 1.29 is 9.53 Å². The van der Waals surface area contributed by atoms with Crippen molar-refractivity contribution in [3.05, 3.63) is 41.2 Å². The summed E-state index contributed by atoms with van der Waals surface area (Å²) in [5.41, 5.74) is 2.38. The normalized spacial score (nSPS) is 15.7. The fourth-order valence-electron chi connectivity index (χ4n) is 2.95. The average Bonchev–Trinajstić information content (AvgIpc) is 2.83. The Hall–Kier alpha value is -1.95. The van der Waals surface area contributed by atoms with E-state index in [0.29, 0.717) is 24.0 Å². The van der Waals surface area contributed by atoms with Gasteiger partial charge in [-0.05, 0) is 38.0 Å². The highest BCUT2D eigenvalue weighted by atomic mass is 32.1. The van der Waals surface area contributed by atoms with E-state index in [1.165, 1.54) is 37.4 Å². The summed E-state index contributed by atoms with van der Waals surface area (Å²) in [4.78, 5) is 12.5. The van der Waals surface area contributed by atoms with E-state index in [-0.39, 0.29) is 5.91 Å². The molecule has 0 unspecified atom stereocenters. The fourth-order valence-corrected chi connectivity index (χ4v) is 3.50. The third-order valence-corrected chi connectivity index (χ3v) is 5.07. The molecule has 1 fully saturated rings. The number of amides is 1. The summed E-state index contributed by atoms with van der Waals surface area (Å²) in [6.07, 6.45) is 7.13. The van der Waals surface area contributed by atoms with Gasteiger partial charge < -0.3 is 10.1 Å². The fraction of sp³-hybridized carbons (Fsp3) is 0.500. The van der Waals surface area contributed by atoms with Gasteiger partial charge in [0.25, 0.3) is 5.91 Å². The van der Waals surface area contributed by atoms with Crippen molar-refractivity contribution in [2.75, 3.05) is 0 Å². The second-order valence-corrected chi connectivity index (χ2v) is 6.80. The molecule has 1 amide bonds. The number of ether oxygens (including phenoxy) is 1. The number of nitrogens with one attached hydrogen (secondary N) is 1. The largest absolute Gasteiger partial charge is 0.487 e. The number of aromatic nitrogens is 2. The van der Waals surface area contributed by atoms with Gasteiger partial charge in [-0.3, -0.25) is 4.79 Å². The lowest BCUT2D eigenvalue weighted by atomic mass is 10.1. The first kappa shape index (κ1) is 16.9. The van der Waals surface area contributed by atoms with Crippen LogP contribution in [0.15, 0.2) is 24.3 Å². The van der Waals surface area contributed by atoms with Crippen molar-refractivity contribution in [1.82, 2.24) is 14.1 Å². The molecular formula is C18H23N3O2S. The van der Waals surface area contributed by atoms with E-state index in [2.05, 4.69) is 14.1 Å². The van der Waals surface area contributed by atoms with Crippen LogP contribution in [0.5, 0.6) is 5.75 Å². The molecule has 1 N–H and O–H groups in total. The molecule has 0 bridgehead atoms. The van der Waals surface area contributed by atoms with Gasteiger partial charge in [-0.15, -0.1) is 0 Å². The zero-order valence-electron chi connectivity index (χ0n) is 14.0. The van der Waals surface area contributed by atoms with Gasteiger partial charge in [-0.2, -0.15) is 8.75 Å². The van der Waals surface area contributed by atoms with E-state index < -0.39 is 0 Å². The van der Waals surface area contributed by atoms with E-state index in [4.69, 9.17) is 4.74 Å². The Morgan fingerprint density at radius 3 is 2.75 bits per heavy atom. The van der Waals surface area contributed by atoms with Crippen LogP contribution in [0.3, 0.4) is 0 Å². The summed E-state index contributed by atoms with van der Waals surface area (Å²) in [6.45, 7) is 2.29. The first-order valence-electron chi connectivity index (χ1n) is 8.54. The van der Waals surface area contributed by atoms with E-state index in [1.807, 2.05) is 25.1 Å². The van der Waals surface area contributed by atoms with E-state index >= 15 is 0 Å². The molecule has 0 saturated heterocycles. The van der Waals surface area contributed by atoms with Crippen molar-refractivity contribution in [2.45, 2.75) is 58.1 Å². The Kier molecular flexibility index (Phi) is 5.80. The molecule has 3 rings (SSSR count). The number of rotatable bonds is 5. The van der Waals surface area contributed by atoms with Crippen LogP contribution in [-0.4, -0.2) is 20.7 Å². The van der Waals surface area contributed by atoms with E-state index in [1.54, 1.807) is 6.07 Å². The molecule has 0 aliphatic heterocycles. The van der Waals surface area contributed by atoms with Gasteiger partial charge >= 0.3 is 0 Å². The molecule has 1 aromatic heterocycles. The van der Waals surface area contributed by atoms with Gasteiger partial charge in [-0.1, -0.05) is 31.7 Å². The summed E-state index contributed by atoms with van der Waals surface area (Å²) in [7, 11) is 0. The smallest absolute Gasteiger partial charge is 0.251 e. The Morgan fingerprint density at radius 1 is 1.25 bits per heavy atom. The van der Waals surface area contributed by atoms with Crippen molar-refractivity contribution in [3.8, 4) is 5.75 Å². The maximum atomic E-state index is 12.5. The van der Waals surface area contributed by atoms with Gasteiger partial charge in [0.1, 0.15) is 18.1 Å². The van der Waals surface area contributed by atoms with Gasteiger partial charge in [0, 0.05) is 11.6 Å². The van der Waals surface area contributed by atoms with Crippen LogP contribution in [0, 0.1) is 6.92 Å². The van der Waals surface area contributed by atoms with Crippen LogP contribution < -0.4 is 10.1 Å². The Labute approximate surface area is 146 Å². The summed E-state index contributed by atoms with van der Waals surface area (Å²) in [5.74, 6) is 0.662. The van der Waals surface area contributed by atoms with Crippen LogP contribution in [0.4, 0.5) is 0 Å². The number of hydrogen-bond donors (Lipinski definition) is 1. The molecule has 1 heterocycles. The molecule has 5 nitrogen and oxygen atoms in total. The molecule has 0 radical (unpaired) electrons. The average molecular weight is 345 g/mol. The third-order valence-electron chi connectivity index (χ3n) is 4.41. The first-order chi connectivity index (χ1) is 11.7. The lowest BCUT2D eigenvalue weighted by Crippen LogP contribution is -2.34. The standard InChI is InChI=1S/C18H23N3O2S/c1-13-17(21-24-20-13)12-23-16-10-6-7-14(11-16)18(22)19-15-8-4-2-3-5-9-15/h6-7,10-11,15H,2-5,8-9,12H2,1H3,(H,19,22). The van der Waals surface area contributed by atoms with Gasteiger partial charge in [-0.25, -0.2) is 0 Å². The van der Waals surface area contributed by atoms with Crippen LogP contribution >= 0.6 is 11.7 Å². The number of benzene rings is 1. The molecule has 1 aliphatic carbocycles. The number of nitrogens with zero attached hydrogens (tertiary/aromatic N) is 2. The van der Waals surface area contributed by atoms with E-state index in [0.717, 1.165) is 24.2 Å². The number of carbonyl (C=O) groups excluding carboxylic acids is 1. The quantitative estimate of drug-likeness (QED) is 0.835. The predicted octanol–water partition coefficient (Wildman–Crippen LogP) is 3.88. The lowest BCUT2D eigenvalue weighted by molar-refractivity contribution is 0.0933. The number of aryl methyl sites for hydroxylation is 1. The van der Waals surface area contributed by atoms with Crippen molar-refractivity contribution in [3.63, 3.8) is 0 Å². The van der Waals surface area contributed by atoms with E-state index in [9.17, 15) is 4.79 Å². The molecular weight excluding hydrogens is 322 g/mol. The Morgan fingerprint density at radius 2 is 2.04 bits per heavy atom. The molecule has 6 heteroatoms. The van der Waals surface area contributed by atoms with Crippen molar-refractivity contribution >= 4 is 17.6 Å². The zero-order valence-corrected chi connectivity index (χ0v) is 14.8. The topological polar surface area (TPSA) is 64.1 Å². The molecule has 0 spiro atoms. The van der Waals surface area contributed by atoms with Gasteiger partial charge in [0.15, 0.2) is 0 Å². The van der Waals surface area contributed by atoms with Crippen molar-refractivity contribution in [1.29, 1.82) is 0 Å². The molecule has 24 heavy (non-hydrogen) atoms. The van der Waals surface area contributed by atoms with Crippen LogP contribution in [0.2, 0.25) is 0 Å². The molecule has 1 aromatic carbocycles. The minimum atomic E-state index is -0.0149. The molecule has 2 aromatic rings. The zero-order chi connectivity index (χ0) is 16.8. The minimum absolute atomic E-state index is 0.0149.